The second-order valence-corrected chi connectivity index (χ2v) is 4.33. The van der Waals surface area contributed by atoms with Gasteiger partial charge in [0.05, 0.1) is 24.7 Å². The number of quaternary nitrogens is 1. The van der Waals surface area contributed by atoms with E-state index in [-0.39, 0.29) is 30.5 Å². The van der Waals surface area contributed by atoms with Crippen LogP contribution in [-0.2, 0) is 9.53 Å². The van der Waals surface area contributed by atoms with E-state index in [9.17, 15) is 19.6 Å². The molecule has 1 aliphatic rings. The van der Waals surface area contributed by atoms with Crippen LogP contribution in [0.2, 0.25) is 0 Å². The van der Waals surface area contributed by atoms with E-state index in [0.29, 0.717) is 0 Å². The second-order valence-electron chi connectivity index (χ2n) is 4.33. The Morgan fingerprint density at radius 1 is 1.21 bits per heavy atom. The smallest absolute Gasteiger partial charge is 0.386 e. The molecule has 0 fully saturated rings. The number of amides is 2. The molecule has 0 saturated heterocycles. The molecule has 1 aromatic carbocycles. The molecule has 0 unspecified atom stereocenters. The highest BCUT2D eigenvalue weighted by molar-refractivity contribution is 6.13. The largest absolute Gasteiger partial charge is 0.469 e. The molecule has 6 nitrogen and oxygen atoms in total. The van der Waals surface area contributed by atoms with Crippen molar-refractivity contribution in [3.05, 3.63) is 35.4 Å². The third-order valence-corrected chi connectivity index (χ3v) is 3.15. The van der Waals surface area contributed by atoms with Crippen LogP contribution in [-0.4, -0.2) is 41.3 Å². The summed E-state index contributed by atoms with van der Waals surface area (Å²) in [6.45, 7) is -0.137. The number of esters is 1. The Morgan fingerprint density at radius 2 is 1.74 bits per heavy atom. The summed E-state index contributed by atoms with van der Waals surface area (Å²) in [7, 11) is 1.26. The molecule has 0 bridgehead atoms. The summed E-state index contributed by atoms with van der Waals surface area (Å²) < 4.78 is 3.17. The van der Waals surface area contributed by atoms with Crippen molar-refractivity contribution in [2.24, 2.45) is 0 Å². The van der Waals surface area contributed by atoms with Gasteiger partial charge in [-0.1, -0.05) is 16.8 Å². The number of carbonyl (C=O) groups is 3. The minimum atomic E-state index is -1.30. The Morgan fingerprint density at radius 3 is 2.21 bits per heavy atom. The van der Waals surface area contributed by atoms with Gasteiger partial charge < -0.3 is 4.74 Å². The number of rotatable bonds is 4. The van der Waals surface area contributed by atoms with E-state index in [1.54, 1.807) is 12.1 Å². The lowest BCUT2D eigenvalue weighted by Crippen LogP contribution is -2.50. The van der Waals surface area contributed by atoms with E-state index in [0.717, 1.165) is 0 Å². The fourth-order valence-electron chi connectivity index (χ4n) is 2.10. The summed E-state index contributed by atoms with van der Waals surface area (Å²) in [6.07, 6.45) is 0.239. The average Bonchev–Trinajstić information content (AvgIpc) is 2.62. The number of hydrogen-bond acceptors (Lipinski definition) is 5. The molecule has 0 aromatic heterocycles. The normalized spacial score (nSPS) is 16.3. The van der Waals surface area contributed by atoms with Crippen LogP contribution in [0.3, 0.4) is 0 Å². The summed E-state index contributed by atoms with van der Waals surface area (Å²) in [5, 5.41) is 10.2. The van der Waals surface area contributed by atoms with Gasteiger partial charge in [-0.15, -0.1) is 0 Å². The molecule has 0 saturated carbocycles. The van der Waals surface area contributed by atoms with E-state index in [1.807, 2.05) is 0 Å². The highest BCUT2D eigenvalue weighted by Gasteiger charge is 2.53. The first-order valence-electron chi connectivity index (χ1n) is 5.87. The van der Waals surface area contributed by atoms with Crippen LogP contribution in [0.5, 0.6) is 0 Å². The predicted molar refractivity (Wildman–Crippen MR) is 63.3 cm³/mol. The van der Waals surface area contributed by atoms with Crippen molar-refractivity contribution < 1.29 is 29.0 Å². The van der Waals surface area contributed by atoms with Crippen molar-refractivity contribution in [1.29, 1.82) is 0 Å². The number of carbonyl (C=O) groups excluding carboxylic acids is 3. The number of hydroxylamine groups is 3. The fourth-order valence-corrected chi connectivity index (χ4v) is 2.10. The Bertz CT molecular complexity index is 517. The standard InChI is InChI=1S/C13H14NO5/c1-19-11(15)7-4-8-14(18)12(16)9-5-2-3-6-10(9)13(14)17/h2-3,5-6,18H,4,7-8H2,1H3/q+1. The summed E-state index contributed by atoms with van der Waals surface area (Å²) in [4.78, 5) is 35.1. The molecule has 0 spiro atoms. The van der Waals surface area contributed by atoms with Gasteiger partial charge in [-0.2, -0.15) is 0 Å². The van der Waals surface area contributed by atoms with Crippen LogP contribution in [0.4, 0.5) is 0 Å². The number of methoxy groups -OCH3 is 1. The highest BCUT2D eigenvalue weighted by atomic mass is 16.6. The van der Waals surface area contributed by atoms with Crippen molar-refractivity contribution in [1.82, 2.24) is 0 Å². The first-order chi connectivity index (χ1) is 9.00. The van der Waals surface area contributed by atoms with Gasteiger partial charge in [0.2, 0.25) is 0 Å². The number of hydrogen-bond donors (Lipinski definition) is 1. The van der Waals surface area contributed by atoms with Crippen molar-refractivity contribution in [2.75, 3.05) is 13.7 Å². The first-order valence-corrected chi connectivity index (χ1v) is 5.87. The molecule has 2 rings (SSSR count). The molecule has 0 aliphatic carbocycles. The summed E-state index contributed by atoms with van der Waals surface area (Å²) >= 11 is 0. The fraction of sp³-hybridized carbons (Fsp3) is 0.308. The molecular formula is C13H14NO5+. The zero-order chi connectivity index (χ0) is 14.0. The molecule has 100 valence electrons. The minimum absolute atomic E-state index is 0.0496. The number of benzene rings is 1. The monoisotopic (exact) mass is 264 g/mol. The maximum atomic E-state index is 12.1. The Labute approximate surface area is 109 Å². The molecule has 19 heavy (non-hydrogen) atoms. The summed E-state index contributed by atoms with van der Waals surface area (Å²) in [6, 6.07) is 6.28. The van der Waals surface area contributed by atoms with Gasteiger partial charge in [0, 0.05) is 6.42 Å². The van der Waals surface area contributed by atoms with E-state index >= 15 is 0 Å². The van der Waals surface area contributed by atoms with Gasteiger partial charge in [0.25, 0.3) is 0 Å². The Kier molecular flexibility index (Phi) is 3.46. The average molecular weight is 264 g/mol. The second kappa shape index (κ2) is 4.91. The molecule has 1 aliphatic heterocycles. The van der Waals surface area contributed by atoms with Crippen LogP contribution in [0.15, 0.2) is 24.3 Å². The van der Waals surface area contributed by atoms with E-state index in [1.165, 1.54) is 19.2 Å². The summed E-state index contributed by atoms with van der Waals surface area (Å²) in [5.74, 6) is -1.74. The van der Waals surface area contributed by atoms with Crippen LogP contribution in [0, 0.1) is 0 Å². The zero-order valence-electron chi connectivity index (χ0n) is 10.5. The number of ether oxygens (including phenoxy) is 1. The van der Waals surface area contributed by atoms with Gasteiger partial charge in [-0.3, -0.25) is 4.79 Å². The van der Waals surface area contributed by atoms with Crippen molar-refractivity contribution in [3.8, 4) is 0 Å². The molecule has 6 heteroatoms. The van der Waals surface area contributed by atoms with Gasteiger partial charge in [0.1, 0.15) is 6.54 Å². The van der Waals surface area contributed by atoms with Gasteiger partial charge in [-0.25, -0.2) is 14.8 Å². The van der Waals surface area contributed by atoms with Gasteiger partial charge in [-0.05, 0) is 12.1 Å². The van der Waals surface area contributed by atoms with Gasteiger partial charge >= 0.3 is 17.8 Å². The molecule has 2 amide bonds. The third-order valence-electron chi connectivity index (χ3n) is 3.15. The molecule has 0 radical (unpaired) electrons. The topological polar surface area (TPSA) is 80.7 Å². The lowest BCUT2D eigenvalue weighted by atomic mass is 10.1. The number of fused-ring (bicyclic) bond motifs is 1. The van der Waals surface area contributed by atoms with Gasteiger partial charge in [0.15, 0.2) is 0 Å². The van der Waals surface area contributed by atoms with E-state index in [4.69, 9.17) is 0 Å². The Balaban J connectivity index is 2.15. The third kappa shape index (κ3) is 2.16. The maximum Gasteiger partial charge on any atom is 0.386 e. The van der Waals surface area contributed by atoms with Crippen molar-refractivity contribution >= 4 is 17.8 Å². The van der Waals surface area contributed by atoms with Crippen LogP contribution in [0.25, 0.3) is 0 Å². The SMILES string of the molecule is COC(=O)CCC[N+]1(O)C(=O)c2ccccc2C1=O. The van der Waals surface area contributed by atoms with E-state index < -0.39 is 22.4 Å². The quantitative estimate of drug-likeness (QED) is 0.382. The zero-order valence-corrected chi connectivity index (χ0v) is 10.5. The minimum Gasteiger partial charge on any atom is -0.469 e. The van der Waals surface area contributed by atoms with Crippen LogP contribution >= 0.6 is 0 Å². The lowest BCUT2D eigenvalue weighted by molar-refractivity contribution is -0.965. The number of nitrogens with zero attached hydrogens (tertiary/aromatic N) is 1. The molecule has 1 heterocycles. The number of imide groups is 1. The maximum absolute atomic E-state index is 12.1. The van der Waals surface area contributed by atoms with Crippen LogP contribution in [0.1, 0.15) is 33.6 Å². The predicted octanol–water partition coefficient (Wildman–Crippen LogP) is 1.14. The molecule has 1 aromatic rings. The first kappa shape index (κ1) is 13.4. The van der Waals surface area contributed by atoms with Crippen LogP contribution < -0.4 is 0 Å². The highest BCUT2D eigenvalue weighted by Crippen LogP contribution is 2.28. The lowest BCUT2D eigenvalue weighted by Gasteiger charge is -2.18. The van der Waals surface area contributed by atoms with Crippen molar-refractivity contribution in [3.63, 3.8) is 0 Å². The van der Waals surface area contributed by atoms with E-state index in [2.05, 4.69) is 4.74 Å². The molecular weight excluding hydrogens is 250 g/mol. The van der Waals surface area contributed by atoms with Crippen molar-refractivity contribution in [2.45, 2.75) is 12.8 Å². The molecule has 1 N–H and O–H groups in total. The summed E-state index contributed by atoms with van der Waals surface area (Å²) in [5.41, 5.74) is 0.432. The Hall–Kier alpha value is -2.05. The molecule has 0 atom stereocenters.